The minimum absolute atomic E-state index is 0.137. The molecule has 0 saturated carbocycles. The highest BCUT2D eigenvalue weighted by molar-refractivity contribution is 6.30. The first-order chi connectivity index (χ1) is 5.77. The zero-order chi connectivity index (χ0) is 8.97. The molecule has 1 rings (SSSR count). The molecule has 1 aromatic rings. The van der Waals surface area contributed by atoms with Gasteiger partial charge < -0.3 is 5.32 Å². The van der Waals surface area contributed by atoms with Gasteiger partial charge in [-0.3, -0.25) is 4.98 Å². The van der Waals surface area contributed by atoms with E-state index in [0.717, 1.165) is 5.69 Å². The lowest BCUT2D eigenvalue weighted by Gasteiger charge is -2.07. The molecule has 1 unspecified atom stereocenters. The number of halogens is 1. The third-order valence-corrected chi connectivity index (χ3v) is 1.72. The van der Waals surface area contributed by atoms with Gasteiger partial charge in [0.1, 0.15) is 6.04 Å². The fourth-order valence-corrected chi connectivity index (χ4v) is 0.986. The van der Waals surface area contributed by atoms with E-state index in [1.54, 1.807) is 19.3 Å². The molecule has 1 atom stereocenters. The molecule has 3 heteroatoms. The molecule has 62 valence electrons. The molecule has 0 saturated heterocycles. The van der Waals surface area contributed by atoms with Gasteiger partial charge in [0.15, 0.2) is 0 Å². The molecule has 1 N–H and O–H groups in total. The second kappa shape index (κ2) is 4.10. The number of nitrogens with zero attached hydrogens (tertiary/aromatic N) is 1. The summed E-state index contributed by atoms with van der Waals surface area (Å²) in [6.07, 6.45) is 6.85. The van der Waals surface area contributed by atoms with Gasteiger partial charge in [-0.25, -0.2) is 0 Å². The average molecular weight is 181 g/mol. The minimum atomic E-state index is -0.137. The van der Waals surface area contributed by atoms with E-state index in [4.69, 9.17) is 18.0 Å². The Balaban J connectivity index is 2.89. The lowest BCUT2D eigenvalue weighted by molar-refractivity contribution is 0.713. The standard InChI is InChI=1S/C9H9ClN2/c1-3-8(11-2)9-5-4-7(10)6-12-9/h1,4-6,8,11H,2H3. The highest BCUT2D eigenvalue weighted by Gasteiger charge is 2.04. The summed E-state index contributed by atoms with van der Waals surface area (Å²) in [7, 11) is 1.79. The zero-order valence-electron chi connectivity index (χ0n) is 6.71. The molecule has 0 amide bonds. The van der Waals surface area contributed by atoms with E-state index in [1.165, 1.54) is 0 Å². The normalized spacial score (nSPS) is 12.1. The van der Waals surface area contributed by atoms with Crippen molar-refractivity contribution in [3.05, 3.63) is 29.0 Å². The zero-order valence-corrected chi connectivity index (χ0v) is 7.47. The van der Waals surface area contributed by atoms with Crippen molar-refractivity contribution in [2.45, 2.75) is 6.04 Å². The van der Waals surface area contributed by atoms with Crippen LogP contribution in [0.25, 0.3) is 0 Å². The second-order valence-electron chi connectivity index (χ2n) is 2.29. The van der Waals surface area contributed by atoms with Crippen LogP contribution < -0.4 is 5.32 Å². The summed E-state index contributed by atoms with van der Waals surface area (Å²) >= 11 is 5.67. The molecule has 0 radical (unpaired) electrons. The Hall–Kier alpha value is -1.04. The van der Waals surface area contributed by atoms with E-state index in [1.807, 2.05) is 6.07 Å². The third kappa shape index (κ3) is 1.97. The van der Waals surface area contributed by atoms with Crippen molar-refractivity contribution >= 4 is 11.6 Å². The average Bonchev–Trinajstić information content (AvgIpc) is 2.10. The Bertz CT molecular complexity index is 286. The van der Waals surface area contributed by atoms with Gasteiger partial charge >= 0.3 is 0 Å². The van der Waals surface area contributed by atoms with Crippen molar-refractivity contribution in [2.24, 2.45) is 0 Å². The molecule has 0 fully saturated rings. The van der Waals surface area contributed by atoms with Gasteiger partial charge in [0, 0.05) is 6.20 Å². The second-order valence-corrected chi connectivity index (χ2v) is 2.73. The number of nitrogens with one attached hydrogen (secondary N) is 1. The quantitative estimate of drug-likeness (QED) is 0.700. The molecule has 1 aromatic heterocycles. The number of hydrogen-bond donors (Lipinski definition) is 1. The Labute approximate surface area is 77.0 Å². The highest BCUT2D eigenvalue weighted by Crippen LogP contribution is 2.11. The van der Waals surface area contributed by atoms with Crippen molar-refractivity contribution in [2.75, 3.05) is 7.05 Å². The van der Waals surface area contributed by atoms with Crippen molar-refractivity contribution < 1.29 is 0 Å². The van der Waals surface area contributed by atoms with Gasteiger partial charge in [0.25, 0.3) is 0 Å². The van der Waals surface area contributed by atoms with Crippen molar-refractivity contribution in [3.63, 3.8) is 0 Å². The summed E-state index contributed by atoms with van der Waals surface area (Å²) in [4.78, 5) is 4.08. The van der Waals surface area contributed by atoms with Crippen LogP contribution in [-0.2, 0) is 0 Å². The predicted molar refractivity (Wildman–Crippen MR) is 49.9 cm³/mol. The third-order valence-electron chi connectivity index (χ3n) is 1.50. The molecule has 0 spiro atoms. The monoisotopic (exact) mass is 180 g/mol. The molecule has 1 heterocycles. The van der Waals surface area contributed by atoms with E-state index in [2.05, 4.69) is 16.2 Å². The minimum Gasteiger partial charge on any atom is -0.302 e. The fraction of sp³-hybridized carbons (Fsp3) is 0.222. The van der Waals surface area contributed by atoms with Crippen LogP contribution in [0.3, 0.4) is 0 Å². The van der Waals surface area contributed by atoms with E-state index in [9.17, 15) is 0 Å². The Morgan fingerprint density at radius 3 is 2.83 bits per heavy atom. The van der Waals surface area contributed by atoms with E-state index in [0.29, 0.717) is 5.02 Å². The van der Waals surface area contributed by atoms with Gasteiger partial charge in [-0.05, 0) is 19.2 Å². The number of pyridine rings is 1. The molecule has 0 aliphatic heterocycles. The number of terminal acetylenes is 1. The first-order valence-corrected chi connectivity index (χ1v) is 3.90. The summed E-state index contributed by atoms with van der Waals surface area (Å²) in [6.45, 7) is 0. The molecule has 12 heavy (non-hydrogen) atoms. The van der Waals surface area contributed by atoms with E-state index in [-0.39, 0.29) is 6.04 Å². The molecular weight excluding hydrogens is 172 g/mol. The summed E-state index contributed by atoms with van der Waals surface area (Å²) in [5.74, 6) is 2.57. The summed E-state index contributed by atoms with van der Waals surface area (Å²) in [6, 6.07) is 3.44. The first kappa shape index (κ1) is 9.05. The lowest BCUT2D eigenvalue weighted by Crippen LogP contribution is -2.15. The van der Waals surface area contributed by atoms with Crippen LogP contribution in [-0.4, -0.2) is 12.0 Å². The Morgan fingerprint density at radius 2 is 2.42 bits per heavy atom. The van der Waals surface area contributed by atoms with Crippen molar-refractivity contribution in [1.29, 1.82) is 0 Å². The highest BCUT2D eigenvalue weighted by atomic mass is 35.5. The topological polar surface area (TPSA) is 24.9 Å². The molecule has 0 aliphatic carbocycles. The Morgan fingerprint density at radius 1 is 1.67 bits per heavy atom. The van der Waals surface area contributed by atoms with Crippen LogP contribution in [0.2, 0.25) is 5.02 Å². The molecule has 0 aliphatic rings. The maximum Gasteiger partial charge on any atom is 0.111 e. The van der Waals surface area contributed by atoms with Crippen LogP contribution in [0.1, 0.15) is 11.7 Å². The van der Waals surface area contributed by atoms with Crippen LogP contribution in [0.15, 0.2) is 18.3 Å². The molecular formula is C9H9ClN2. The van der Waals surface area contributed by atoms with Crippen molar-refractivity contribution in [3.8, 4) is 12.3 Å². The van der Waals surface area contributed by atoms with Crippen LogP contribution in [0, 0.1) is 12.3 Å². The SMILES string of the molecule is C#CC(NC)c1ccc(Cl)cn1. The molecule has 2 nitrogen and oxygen atoms in total. The number of rotatable bonds is 2. The molecule has 0 aromatic carbocycles. The van der Waals surface area contributed by atoms with Gasteiger partial charge in [-0.1, -0.05) is 17.5 Å². The molecule has 0 bridgehead atoms. The smallest absolute Gasteiger partial charge is 0.111 e. The lowest BCUT2D eigenvalue weighted by atomic mass is 10.2. The van der Waals surface area contributed by atoms with Gasteiger partial charge in [0.05, 0.1) is 10.7 Å². The largest absolute Gasteiger partial charge is 0.302 e. The number of aromatic nitrogens is 1. The van der Waals surface area contributed by atoms with E-state index >= 15 is 0 Å². The van der Waals surface area contributed by atoms with Crippen molar-refractivity contribution in [1.82, 2.24) is 10.3 Å². The maximum absolute atomic E-state index is 5.67. The van der Waals surface area contributed by atoms with Crippen LogP contribution >= 0.6 is 11.6 Å². The van der Waals surface area contributed by atoms with Gasteiger partial charge in [-0.15, -0.1) is 6.42 Å². The van der Waals surface area contributed by atoms with Gasteiger partial charge in [-0.2, -0.15) is 0 Å². The summed E-state index contributed by atoms with van der Waals surface area (Å²) in [5.41, 5.74) is 0.810. The van der Waals surface area contributed by atoms with Crippen LogP contribution in [0.5, 0.6) is 0 Å². The summed E-state index contributed by atoms with van der Waals surface area (Å²) < 4.78 is 0. The first-order valence-electron chi connectivity index (χ1n) is 3.52. The summed E-state index contributed by atoms with van der Waals surface area (Å²) in [5, 5.41) is 3.56. The number of hydrogen-bond acceptors (Lipinski definition) is 2. The van der Waals surface area contributed by atoms with E-state index < -0.39 is 0 Å². The predicted octanol–water partition coefficient (Wildman–Crippen LogP) is 1.63. The van der Waals surface area contributed by atoms with Crippen LogP contribution in [0.4, 0.5) is 0 Å². The van der Waals surface area contributed by atoms with Gasteiger partial charge in [0.2, 0.25) is 0 Å². The Kier molecular flexibility index (Phi) is 3.09. The maximum atomic E-state index is 5.67. The fourth-order valence-electron chi connectivity index (χ4n) is 0.875.